The molecule has 48 valence electrons. The summed E-state index contributed by atoms with van der Waals surface area (Å²) >= 11 is 0. The van der Waals surface area contributed by atoms with Gasteiger partial charge in [0.1, 0.15) is 0 Å². The summed E-state index contributed by atoms with van der Waals surface area (Å²) in [6.45, 7) is 4.20. The van der Waals surface area contributed by atoms with Gasteiger partial charge in [0.2, 0.25) is 0 Å². The van der Waals surface area contributed by atoms with Gasteiger partial charge in [-0.2, -0.15) is 0 Å². The fourth-order valence-corrected chi connectivity index (χ4v) is 0.792. The van der Waals surface area contributed by atoms with Crippen LogP contribution in [0.25, 0.3) is 0 Å². The van der Waals surface area contributed by atoms with Gasteiger partial charge in [-0.25, -0.2) is 0 Å². The predicted octanol–water partition coefficient (Wildman–Crippen LogP) is 1.95. The molecule has 0 radical (unpaired) electrons. The zero-order chi connectivity index (χ0) is 6.69. The lowest BCUT2D eigenvalue weighted by Gasteiger charge is -1.94. The molecule has 0 atom stereocenters. The van der Waals surface area contributed by atoms with Crippen LogP contribution in [0.5, 0.6) is 0 Å². The molecule has 0 bridgehead atoms. The Morgan fingerprint density at radius 2 is 2.33 bits per heavy atom. The zero-order valence-electron chi connectivity index (χ0n) is 5.89. The molecule has 1 nitrogen and oxygen atoms in total. The Labute approximate surface area is 55.7 Å². The van der Waals surface area contributed by atoms with Gasteiger partial charge in [-0.15, -0.1) is 0 Å². The van der Waals surface area contributed by atoms with E-state index in [9.17, 15) is 0 Å². The van der Waals surface area contributed by atoms with E-state index in [2.05, 4.69) is 24.9 Å². The van der Waals surface area contributed by atoms with Gasteiger partial charge in [0.15, 0.2) is 0 Å². The Balaban J connectivity index is 2.94. The average Bonchev–Trinajstić information content (AvgIpc) is 1.88. The second-order valence-corrected chi connectivity index (χ2v) is 2.18. The van der Waals surface area contributed by atoms with E-state index in [1.807, 2.05) is 12.3 Å². The SMILES string of the molecule is CCc1cc(C)ccn1. The third kappa shape index (κ3) is 1.53. The van der Waals surface area contributed by atoms with E-state index in [1.165, 1.54) is 11.3 Å². The van der Waals surface area contributed by atoms with Crippen LogP contribution in [0.3, 0.4) is 0 Å². The molecule has 0 amide bonds. The van der Waals surface area contributed by atoms with E-state index in [0.29, 0.717) is 0 Å². The Kier molecular flexibility index (Phi) is 1.83. The van der Waals surface area contributed by atoms with Gasteiger partial charge in [-0.05, 0) is 31.0 Å². The Hall–Kier alpha value is -0.850. The lowest BCUT2D eigenvalue weighted by molar-refractivity contribution is 1.03. The van der Waals surface area contributed by atoms with Crippen LogP contribution < -0.4 is 0 Å². The normalized spacial score (nSPS) is 9.56. The first-order chi connectivity index (χ1) is 4.33. The number of hydrogen-bond donors (Lipinski definition) is 0. The highest BCUT2D eigenvalue weighted by atomic mass is 14.7. The third-order valence-corrected chi connectivity index (χ3v) is 1.33. The van der Waals surface area contributed by atoms with Gasteiger partial charge >= 0.3 is 0 Å². The minimum absolute atomic E-state index is 1.03. The number of pyridine rings is 1. The first-order valence-electron chi connectivity index (χ1n) is 3.24. The molecule has 1 heterocycles. The maximum Gasteiger partial charge on any atom is 0.0403 e. The van der Waals surface area contributed by atoms with Crippen LogP contribution in [0.1, 0.15) is 18.2 Å². The van der Waals surface area contributed by atoms with Gasteiger partial charge < -0.3 is 0 Å². The first-order valence-corrected chi connectivity index (χ1v) is 3.24. The van der Waals surface area contributed by atoms with Crippen molar-refractivity contribution in [2.24, 2.45) is 0 Å². The standard InChI is InChI=1S/C8H11N/c1-3-8-6-7(2)4-5-9-8/h4-6H,3H2,1-2H3. The molecule has 1 heteroatoms. The van der Waals surface area contributed by atoms with E-state index in [-0.39, 0.29) is 0 Å². The molecule has 0 saturated carbocycles. The van der Waals surface area contributed by atoms with Crippen LogP contribution in [0.4, 0.5) is 0 Å². The minimum Gasteiger partial charge on any atom is -0.261 e. The van der Waals surface area contributed by atoms with Crippen molar-refractivity contribution in [1.29, 1.82) is 0 Å². The van der Waals surface area contributed by atoms with Crippen molar-refractivity contribution in [1.82, 2.24) is 4.98 Å². The predicted molar refractivity (Wildman–Crippen MR) is 38.4 cm³/mol. The molecule has 0 aliphatic carbocycles. The van der Waals surface area contributed by atoms with Crippen molar-refractivity contribution < 1.29 is 0 Å². The molecular formula is C8H11N. The van der Waals surface area contributed by atoms with E-state index >= 15 is 0 Å². The van der Waals surface area contributed by atoms with E-state index in [1.54, 1.807) is 0 Å². The molecule has 1 rings (SSSR count). The Morgan fingerprint density at radius 3 is 2.78 bits per heavy atom. The molecule has 0 aliphatic heterocycles. The van der Waals surface area contributed by atoms with Crippen molar-refractivity contribution in [3.05, 3.63) is 29.6 Å². The summed E-state index contributed by atoms with van der Waals surface area (Å²) in [7, 11) is 0. The maximum atomic E-state index is 4.16. The van der Waals surface area contributed by atoms with Crippen LogP contribution in [-0.2, 0) is 6.42 Å². The fraction of sp³-hybridized carbons (Fsp3) is 0.375. The molecule has 0 saturated heterocycles. The first kappa shape index (κ1) is 6.27. The highest BCUT2D eigenvalue weighted by Crippen LogP contribution is 1.98. The van der Waals surface area contributed by atoms with E-state index in [0.717, 1.165) is 6.42 Å². The van der Waals surface area contributed by atoms with Gasteiger partial charge in [0.25, 0.3) is 0 Å². The third-order valence-electron chi connectivity index (χ3n) is 1.33. The van der Waals surface area contributed by atoms with Gasteiger partial charge in [-0.1, -0.05) is 6.92 Å². The highest BCUT2D eigenvalue weighted by molar-refractivity contribution is 5.13. The van der Waals surface area contributed by atoms with Crippen LogP contribution in [-0.4, -0.2) is 4.98 Å². The number of rotatable bonds is 1. The largest absolute Gasteiger partial charge is 0.261 e. The van der Waals surface area contributed by atoms with Gasteiger partial charge in [0.05, 0.1) is 0 Å². The zero-order valence-corrected chi connectivity index (χ0v) is 5.89. The van der Waals surface area contributed by atoms with Gasteiger partial charge in [-0.3, -0.25) is 4.98 Å². The number of hydrogen-bond acceptors (Lipinski definition) is 1. The molecule has 0 aliphatic rings. The minimum atomic E-state index is 1.03. The van der Waals surface area contributed by atoms with E-state index < -0.39 is 0 Å². The summed E-state index contributed by atoms with van der Waals surface area (Å²) in [5.74, 6) is 0. The summed E-state index contributed by atoms with van der Waals surface area (Å²) in [5, 5.41) is 0. The van der Waals surface area contributed by atoms with Crippen molar-refractivity contribution in [3.63, 3.8) is 0 Å². The monoisotopic (exact) mass is 121 g/mol. The van der Waals surface area contributed by atoms with Crippen molar-refractivity contribution in [2.45, 2.75) is 20.3 Å². The molecule has 0 fully saturated rings. The summed E-state index contributed by atoms with van der Waals surface area (Å²) in [5.41, 5.74) is 2.47. The van der Waals surface area contributed by atoms with Crippen LogP contribution in [0, 0.1) is 6.92 Å². The van der Waals surface area contributed by atoms with Crippen LogP contribution in [0.15, 0.2) is 18.3 Å². The number of aryl methyl sites for hydroxylation is 2. The molecule has 1 aromatic rings. The second kappa shape index (κ2) is 2.62. The maximum absolute atomic E-state index is 4.16. The Morgan fingerprint density at radius 1 is 1.56 bits per heavy atom. The summed E-state index contributed by atoms with van der Waals surface area (Å²) in [4.78, 5) is 4.16. The van der Waals surface area contributed by atoms with Crippen LogP contribution in [0.2, 0.25) is 0 Å². The topological polar surface area (TPSA) is 12.9 Å². The summed E-state index contributed by atoms with van der Waals surface area (Å²) in [6.07, 6.45) is 2.88. The fourth-order valence-electron chi connectivity index (χ4n) is 0.792. The molecule has 0 spiro atoms. The summed E-state index contributed by atoms with van der Waals surface area (Å²) in [6, 6.07) is 4.12. The summed E-state index contributed by atoms with van der Waals surface area (Å²) < 4.78 is 0. The molecule has 0 N–H and O–H groups in total. The highest BCUT2D eigenvalue weighted by Gasteiger charge is 1.87. The lowest BCUT2D eigenvalue weighted by atomic mass is 10.2. The Bertz CT molecular complexity index is 194. The number of nitrogens with zero attached hydrogens (tertiary/aromatic N) is 1. The molecule has 0 unspecified atom stereocenters. The van der Waals surface area contributed by atoms with Crippen molar-refractivity contribution in [3.8, 4) is 0 Å². The second-order valence-electron chi connectivity index (χ2n) is 2.18. The number of aromatic nitrogens is 1. The van der Waals surface area contributed by atoms with Gasteiger partial charge in [0, 0.05) is 11.9 Å². The molecular weight excluding hydrogens is 110 g/mol. The smallest absolute Gasteiger partial charge is 0.0403 e. The van der Waals surface area contributed by atoms with E-state index in [4.69, 9.17) is 0 Å². The quantitative estimate of drug-likeness (QED) is 0.553. The molecule has 9 heavy (non-hydrogen) atoms. The molecule has 0 aromatic carbocycles. The van der Waals surface area contributed by atoms with Crippen molar-refractivity contribution >= 4 is 0 Å². The van der Waals surface area contributed by atoms with Crippen molar-refractivity contribution in [2.75, 3.05) is 0 Å². The van der Waals surface area contributed by atoms with Crippen LogP contribution >= 0.6 is 0 Å². The molecule has 1 aromatic heterocycles. The average molecular weight is 121 g/mol. The lowest BCUT2D eigenvalue weighted by Crippen LogP contribution is -1.85.